The quantitative estimate of drug-likeness (QED) is 0.470. The maximum atomic E-state index is 12.6. The smallest absolute Gasteiger partial charge is 0.261 e. The van der Waals surface area contributed by atoms with Gasteiger partial charge in [0.25, 0.3) is 5.91 Å². The van der Waals surface area contributed by atoms with Crippen LogP contribution in [0.15, 0.2) is 40.6 Å². The zero-order valence-corrected chi connectivity index (χ0v) is 18.7. The van der Waals surface area contributed by atoms with Crippen LogP contribution in [0.25, 0.3) is 16.9 Å². The first kappa shape index (κ1) is 19.4. The molecular formula is C20H20BrN7OS. The van der Waals surface area contributed by atoms with Gasteiger partial charge in [-0.25, -0.2) is 9.97 Å². The fourth-order valence-corrected chi connectivity index (χ4v) is 5.52. The van der Waals surface area contributed by atoms with Crippen molar-refractivity contribution >= 4 is 44.2 Å². The number of hydrogen-bond acceptors (Lipinski definition) is 6. The average Bonchev–Trinajstić information content (AvgIpc) is 3.47. The molecule has 4 heterocycles. The molecule has 4 aromatic rings. The topological polar surface area (TPSA) is 90.5 Å². The molecule has 0 spiro atoms. The molecular weight excluding hydrogens is 466 g/mol. The lowest BCUT2D eigenvalue weighted by atomic mass is 9.90. The fourth-order valence-electron chi connectivity index (χ4n) is 4.24. The molecule has 0 unspecified atom stereocenters. The molecule has 1 aliphatic carbocycles. The van der Waals surface area contributed by atoms with Crippen molar-refractivity contribution in [3.63, 3.8) is 0 Å². The third-order valence-electron chi connectivity index (χ3n) is 5.51. The lowest BCUT2D eigenvalue weighted by molar-refractivity contribution is 0.0925. The molecule has 1 N–H and O–H groups in total. The van der Waals surface area contributed by atoms with Crippen LogP contribution in [0, 0.1) is 6.92 Å². The van der Waals surface area contributed by atoms with Crippen LogP contribution < -0.4 is 5.32 Å². The molecule has 8 nitrogen and oxygen atoms in total. The molecule has 154 valence electrons. The van der Waals surface area contributed by atoms with Gasteiger partial charge in [-0.3, -0.25) is 4.79 Å². The number of carbonyl (C=O) groups is 1. The van der Waals surface area contributed by atoms with E-state index in [1.807, 2.05) is 25.1 Å². The van der Waals surface area contributed by atoms with Crippen molar-refractivity contribution in [2.45, 2.75) is 44.7 Å². The largest absolute Gasteiger partial charge is 0.349 e. The molecule has 10 heteroatoms. The van der Waals surface area contributed by atoms with Crippen LogP contribution in [0.3, 0.4) is 0 Å². The predicted molar refractivity (Wildman–Crippen MR) is 118 cm³/mol. The van der Waals surface area contributed by atoms with Crippen molar-refractivity contribution in [2.75, 3.05) is 0 Å². The zero-order valence-electron chi connectivity index (χ0n) is 16.3. The summed E-state index contributed by atoms with van der Waals surface area (Å²) >= 11 is 4.88. The van der Waals surface area contributed by atoms with E-state index in [0.717, 1.165) is 51.2 Å². The highest BCUT2D eigenvalue weighted by Crippen LogP contribution is 2.33. The highest BCUT2D eigenvalue weighted by molar-refractivity contribution is 9.11. The number of rotatable bonds is 4. The number of amides is 1. The number of thiophene rings is 1. The molecule has 1 saturated carbocycles. The summed E-state index contributed by atoms with van der Waals surface area (Å²) in [5.74, 6) is 1.62. The van der Waals surface area contributed by atoms with Gasteiger partial charge in [0.1, 0.15) is 11.3 Å². The molecule has 1 fully saturated rings. The minimum absolute atomic E-state index is 0.000182. The molecule has 4 aromatic heterocycles. The summed E-state index contributed by atoms with van der Waals surface area (Å²) in [5, 5.41) is 11.6. The van der Waals surface area contributed by atoms with Crippen LogP contribution in [0.4, 0.5) is 0 Å². The van der Waals surface area contributed by atoms with E-state index in [9.17, 15) is 4.79 Å². The summed E-state index contributed by atoms with van der Waals surface area (Å²) in [5.41, 5.74) is 1.88. The van der Waals surface area contributed by atoms with Gasteiger partial charge >= 0.3 is 0 Å². The summed E-state index contributed by atoms with van der Waals surface area (Å²) in [6, 6.07) is 6.16. The van der Waals surface area contributed by atoms with E-state index in [1.165, 1.54) is 16.1 Å². The molecule has 1 amide bonds. The number of aryl methyl sites for hydroxylation is 1. The molecule has 0 bridgehead atoms. The van der Waals surface area contributed by atoms with Gasteiger partial charge in [-0.2, -0.15) is 10.2 Å². The maximum absolute atomic E-state index is 12.6. The third-order valence-corrected chi connectivity index (χ3v) is 7.13. The van der Waals surface area contributed by atoms with Crippen LogP contribution in [0.2, 0.25) is 0 Å². The molecule has 2 atom stereocenters. The first-order valence-corrected chi connectivity index (χ1v) is 11.5. The van der Waals surface area contributed by atoms with Crippen LogP contribution in [0.5, 0.6) is 0 Å². The Bertz CT molecular complexity index is 1200. The van der Waals surface area contributed by atoms with Crippen molar-refractivity contribution in [3.8, 4) is 5.82 Å². The number of aromatic nitrogens is 6. The van der Waals surface area contributed by atoms with E-state index in [1.54, 1.807) is 18.6 Å². The third kappa shape index (κ3) is 3.65. The number of carbonyl (C=O) groups excluding carboxylic acids is 1. The minimum atomic E-state index is -0.000182. The Hall–Kier alpha value is -2.59. The van der Waals surface area contributed by atoms with Crippen molar-refractivity contribution in [2.24, 2.45) is 0 Å². The number of pyridine rings is 1. The van der Waals surface area contributed by atoms with Crippen molar-refractivity contribution in [1.29, 1.82) is 0 Å². The van der Waals surface area contributed by atoms with Gasteiger partial charge in [0.05, 0.1) is 32.8 Å². The Kier molecular flexibility index (Phi) is 5.11. The van der Waals surface area contributed by atoms with E-state index in [0.29, 0.717) is 5.82 Å². The van der Waals surface area contributed by atoms with Crippen molar-refractivity contribution in [1.82, 2.24) is 34.8 Å². The summed E-state index contributed by atoms with van der Waals surface area (Å²) < 4.78 is 3.25. The number of nitrogens with zero attached hydrogens (tertiary/aromatic N) is 6. The molecule has 5 rings (SSSR count). The molecule has 0 aliphatic heterocycles. The zero-order chi connectivity index (χ0) is 20.7. The SMILES string of the molecule is Cc1nc2cnc(-n3nccn3)cc2n1[C@@H]1CCC[C@H](NC(=O)c2ccc(Br)s2)C1. The lowest BCUT2D eigenvalue weighted by Crippen LogP contribution is -2.38. The number of halogens is 1. The molecule has 0 aromatic carbocycles. The normalized spacial score (nSPS) is 19.3. The molecule has 30 heavy (non-hydrogen) atoms. The monoisotopic (exact) mass is 485 g/mol. The number of fused-ring (bicyclic) bond motifs is 1. The Morgan fingerprint density at radius 1 is 1.27 bits per heavy atom. The number of nitrogens with one attached hydrogen (secondary N) is 1. The highest BCUT2D eigenvalue weighted by Gasteiger charge is 2.27. The first-order valence-electron chi connectivity index (χ1n) is 9.86. The van der Waals surface area contributed by atoms with Crippen LogP contribution >= 0.6 is 27.3 Å². The van der Waals surface area contributed by atoms with Crippen molar-refractivity contribution < 1.29 is 4.79 Å². The predicted octanol–water partition coefficient (Wildman–Crippen LogP) is 4.06. The lowest BCUT2D eigenvalue weighted by Gasteiger charge is -2.31. The first-order chi connectivity index (χ1) is 14.6. The van der Waals surface area contributed by atoms with Crippen LogP contribution in [-0.4, -0.2) is 41.5 Å². The van der Waals surface area contributed by atoms with Gasteiger partial charge < -0.3 is 9.88 Å². The minimum Gasteiger partial charge on any atom is -0.349 e. The van der Waals surface area contributed by atoms with Gasteiger partial charge in [0.15, 0.2) is 5.82 Å². The standard InChI is InChI=1S/C20H20BrN7OS/c1-12-25-15-11-22-19(28-23-7-8-24-28)10-16(15)27(12)14-4-2-3-13(9-14)26-20(29)17-5-6-18(21)30-17/h5-8,10-11,13-14H,2-4,9H2,1H3,(H,26,29)/t13-,14+/m0/s1. The second-order valence-corrected chi connectivity index (χ2v) is 9.94. The second-order valence-electron chi connectivity index (χ2n) is 7.47. The van der Waals surface area contributed by atoms with E-state index < -0.39 is 0 Å². The molecule has 1 aliphatic rings. The van der Waals surface area contributed by atoms with E-state index in [2.05, 4.69) is 41.0 Å². The summed E-state index contributed by atoms with van der Waals surface area (Å²) in [4.78, 5) is 24.0. The van der Waals surface area contributed by atoms with Crippen LogP contribution in [-0.2, 0) is 0 Å². The second kappa shape index (κ2) is 7.92. The number of hydrogen-bond donors (Lipinski definition) is 1. The van der Waals surface area contributed by atoms with Gasteiger partial charge in [0, 0.05) is 18.2 Å². The Morgan fingerprint density at radius 3 is 2.87 bits per heavy atom. The molecule has 0 saturated heterocycles. The van der Waals surface area contributed by atoms with Crippen molar-refractivity contribution in [3.05, 3.63) is 51.3 Å². The average molecular weight is 486 g/mol. The summed E-state index contributed by atoms with van der Waals surface area (Å²) in [6.07, 6.45) is 9.02. The molecule has 0 radical (unpaired) electrons. The van der Waals surface area contributed by atoms with E-state index >= 15 is 0 Å². The van der Waals surface area contributed by atoms with E-state index in [-0.39, 0.29) is 18.0 Å². The summed E-state index contributed by atoms with van der Waals surface area (Å²) in [6.45, 7) is 2.03. The van der Waals surface area contributed by atoms with Gasteiger partial charge in [0.2, 0.25) is 0 Å². The highest BCUT2D eigenvalue weighted by atomic mass is 79.9. The summed E-state index contributed by atoms with van der Waals surface area (Å²) in [7, 11) is 0. The Balaban J connectivity index is 1.41. The maximum Gasteiger partial charge on any atom is 0.261 e. The van der Waals surface area contributed by atoms with Gasteiger partial charge in [-0.15, -0.1) is 16.1 Å². The fraction of sp³-hybridized carbons (Fsp3) is 0.350. The number of imidazole rings is 1. The van der Waals surface area contributed by atoms with E-state index in [4.69, 9.17) is 4.98 Å². The van der Waals surface area contributed by atoms with Gasteiger partial charge in [-0.1, -0.05) is 0 Å². The van der Waals surface area contributed by atoms with Crippen LogP contribution in [0.1, 0.15) is 47.2 Å². The Labute approximate surface area is 185 Å². The Morgan fingerprint density at radius 2 is 2.10 bits per heavy atom. The van der Waals surface area contributed by atoms with Gasteiger partial charge in [-0.05, 0) is 60.7 Å².